The SMILES string of the molecule is CC(C)C(C(=O)[O-])C(=O)[O-].[K+].[K+]. The molecule has 58 valence electrons. The summed E-state index contributed by atoms with van der Waals surface area (Å²) in [4.78, 5) is 20.1. The van der Waals surface area contributed by atoms with E-state index in [2.05, 4.69) is 0 Å². The summed E-state index contributed by atoms with van der Waals surface area (Å²) in [7, 11) is 0. The maximum absolute atomic E-state index is 10.1. The third-order valence-corrected chi connectivity index (χ3v) is 1.17. The van der Waals surface area contributed by atoms with Crippen LogP contribution >= 0.6 is 0 Å². The van der Waals surface area contributed by atoms with Gasteiger partial charge in [0, 0.05) is 5.92 Å². The summed E-state index contributed by atoms with van der Waals surface area (Å²) < 4.78 is 0. The molecule has 0 rings (SSSR count). The van der Waals surface area contributed by atoms with Crippen LogP contribution in [0.25, 0.3) is 0 Å². The molecule has 0 radical (unpaired) electrons. The second-order valence-electron chi connectivity index (χ2n) is 2.36. The van der Waals surface area contributed by atoms with Gasteiger partial charge in [-0.25, -0.2) is 0 Å². The molecule has 6 heteroatoms. The van der Waals surface area contributed by atoms with E-state index in [1.165, 1.54) is 13.8 Å². The summed E-state index contributed by atoms with van der Waals surface area (Å²) in [6, 6.07) is 0. The van der Waals surface area contributed by atoms with Gasteiger partial charge < -0.3 is 19.8 Å². The van der Waals surface area contributed by atoms with Crippen LogP contribution < -0.4 is 113 Å². The number of carboxylic acids is 2. The molecule has 0 heterocycles. The monoisotopic (exact) mass is 222 g/mol. The first-order valence-corrected chi connectivity index (χ1v) is 2.88. The van der Waals surface area contributed by atoms with Gasteiger partial charge in [-0.05, 0) is 5.92 Å². The van der Waals surface area contributed by atoms with Crippen molar-refractivity contribution in [3.05, 3.63) is 0 Å². The van der Waals surface area contributed by atoms with Crippen LogP contribution in [-0.4, -0.2) is 11.9 Å². The van der Waals surface area contributed by atoms with Gasteiger partial charge in [0.05, 0.1) is 11.9 Å². The average Bonchev–Trinajstić information content (AvgIpc) is 1.59. The summed E-state index contributed by atoms with van der Waals surface area (Å²) in [6.45, 7) is 2.96. The number of carbonyl (C=O) groups is 2. The van der Waals surface area contributed by atoms with Crippen molar-refractivity contribution in [3.8, 4) is 0 Å². The van der Waals surface area contributed by atoms with E-state index in [1.54, 1.807) is 0 Å². The van der Waals surface area contributed by atoms with E-state index in [4.69, 9.17) is 0 Å². The Bertz CT molecular complexity index is 144. The fourth-order valence-electron chi connectivity index (χ4n) is 0.641. The Balaban J connectivity index is -0.000000405. The summed E-state index contributed by atoms with van der Waals surface area (Å²) in [6.07, 6.45) is 0. The van der Waals surface area contributed by atoms with Gasteiger partial charge in [0.2, 0.25) is 0 Å². The van der Waals surface area contributed by atoms with Gasteiger partial charge >= 0.3 is 103 Å². The fraction of sp³-hybridized carbons (Fsp3) is 0.667. The van der Waals surface area contributed by atoms with E-state index >= 15 is 0 Å². The van der Waals surface area contributed by atoms with E-state index in [1.807, 2.05) is 0 Å². The quantitative estimate of drug-likeness (QED) is 0.351. The number of hydrogen-bond donors (Lipinski definition) is 0. The van der Waals surface area contributed by atoms with Gasteiger partial charge in [0.25, 0.3) is 0 Å². The molecule has 0 spiro atoms. The standard InChI is InChI=1S/C6H10O4.2K/c1-3(2)4(5(7)8)6(9)10;;/h3-4H,1-2H3,(H,7,8)(H,9,10);;/q;2*+1/p-2. The second-order valence-corrected chi connectivity index (χ2v) is 2.36. The molecule has 0 aromatic heterocycles. The second kappa shape index (κ2) is 9.76. The topological polar surface area (TPSA) is 80.3 Å². The normalized spacial score (nSPS) is 8.67. The van der Waals surface area contributed by atoms with E-state index in [0.29, 0.717) is 0 Å². The first-order chi connectivity index (χ1) is 4.46. The van der Waals surface area contributed by atoms with Crippen LogP contribution in [0, 0.1) is 11.8 Å². The molecule has 0 aliphatic carbocycles. The van der Waals surface area contributed by atoms with Crippen LogP contribution in [0.3, 0.4) is 0 Å². The van der Waals surface area contributed by atoms with Crippen LogP contribution in [0.5, 0.6) is 0 Å². The zero-order chi connectivity index (χ0) is 8.31. The van der Waals surface area contributed by atoms with E-state index < -0.39 is 23.8 Å². The van der Waals surface area contributed by atoms with Crippen LogP contribution in [0.2, 0.25) is 0 Å². The van der Waals surface area contributed by atoms with Crippen molar-refractivity contribution in [2.45, 2.75) is 13.8 Å². The van der Waals surface area contributed by atoms with Gasteiger partial charge in [-0.1, -0.05) is 13.8 Å². The molecule has 0 fully saturated rings. The predicted octanol–water partition coefficient (Wildman–Crippen LogP) is -8.23. The van der Waals surface area contributed by atoms with Crippen molar-refractivity contribution < 1.29 is 123 Å². The molecular weight excluding hydrogens is 214 g/mol. The fourth-order valence-corrected chi connectivity index (χ4v) is 0.641. The molecule has 0 saturated carbocycles. The molecule has 0 atom stereocenters. The van der Waals surface area contributed by atoms with Crippen molar-refractivity contribution in [1.82, 2.24) is 0 Å². The van der Waals surface area contributed by atoms with Crippen LogP contribution in [-0.2, 0) is 9.59 Å². The predicted molar refractivity (Wildman–Crippen MR) is 28.3 cm³/mol. The van der Waals surface area contributed by atoms with E-state index in [-0.39, 0.29) is 103 Å². The summed E-state index contributed by atoms with van der Waals surface area (Å²) in [5, 5.41) is 20.1. The molecule has 0 amide bonds. The Morgan fingerprint density at radius 1 is 1.00 bits per heavy atom. The van der Waals surface area contributed by atoms with E-state index in [0.717, 1.165) is 0 Å². The minimum absolute atomic E-state index is 0. The Kier molecular flexibility index (Phi) is 16.0. The van der Waals surface area contributed by atoms with Crippen molar-refractivity contribution in [2.75, 3.05) is 0 Å². The van der Waals surface area contributed by atoms with Crippen molar-refractivity contribution in [2.24, 2.45) is 11.8 Å². The molecule has 0 bridgehead atoms. The zero-order valence-electron chi connectivity index (χ0n) is 7.79. The third kappa shape index (κ3) is 7.60. The van der Waals surface area contributed by atoms with E-state index in [9.17, 15) is 19.8 Å². The Morgan fingerprint density at radius 3 is 1.25 bits per heavy atom. The number of carboxylic acid groups (broad SMARTS) is 2. The molecule has 0 N–H and O–H groups in total. The van der Waals surface area contributed by atoms with Crippen LogP contribution in [0.1, 0.15) is 13.8 Å². The van der Waals surface area contributed by atoms with Gasteiger partial charge in [-0.2, -0.15) is 0 Å². The molecule has 0 aliphatic heterocycles. The molecule has 0 unspecified atom stereocenters. The Morgan fingerprint density at radius 2 is 1.25 bits per heavy atom. The first-order valence-electron chi connectivity index (χ1n) is 2.88. The summed E-state index contributed by atoms with van der Waals surface area (Å²) >= 11 is 0. The first kappa shape index (κ1) is 19.7. The minimum atomic E-state index is -1.59. The van der Waals surface area contributed by atoms with Crippen molar-refractivity contribution in [1.29, 1.82) is 0 Å². The molecule has 12 heavy (non-hydrogen) atoms. The molecule has 0 aromatic rings. The molecule has 0 aromatic carbocycles. The van der Waals surface area contributed by atoms with Crippen LogP contribution in [0.4, 0.5) is 0 Å². The largest absolute Gasteiger partial charge is 1.00 e. The average molecular weight is 222 g/mol. The van der Waals surface area contributed by atoms with Gasteiger partial charge in [-0.3, -0.25) is 0 Å². The van der Waals surface area contributed by atoms with Crippen molar-refractivity contribution >= 4 is 11.9 Å². The number of hydrogen-bond acceptors (Lipinski definition) is 4. The maximum atomic E-state index is 10.1. The summed E-state index contributed by atoms with van der Waals surface area (Å²) in [5.74, 6) is -5.17. The van der Waals surface area contributed by atoms with Crippen molar-refractivity contribution in [3.63, 3.8) is 0 Å². The minimum Gasteiger partial charge on any atom is -0.549 e. The molecule has 0 saturated heterocycles. The van der Waals surface area contributed by atoms with Gasteiger partial charge in [0.15, 0.2) is 0 Å². The summed E-state index contributed by atoms with van der Waals surface area (Å²) in [5.41, 5.74) is 0. The number of aliphatic carboxylic acids is 2. The molecule has 0 aliphatic rings. The third-order valence-electron chi connectivity index (χ3n) is 1.17. The maximum Gasteiger partial charge on any atom is 1.00 e. The smallest absolute Gasteiger partial charge is 0.549 e. The zero-order valence-corrected chi connectivity index (χ0v) is 14.0. The van der Waals surface area contributed by atoms with Crippen LogP contribution in [0.15, 0.2) is 0 Å². The van der Waals surface area contributed by atoms with Gasteiger partial charge in [0.1, 0.15) is 0 Å². The molecular formula is C6H8K2O4. The Hall–Kier alpha value is 2.21. The Labute approximate surface area is 156 Å². The molecule has 4 nitrogen and oxygen atoms in total. The number of carbonyl (C=O) groups excluding carboxylic acids is 2. The van der Waals surface area contributed by atoms with Gasteiger partial charge in [-0.15, -0.1) is 0 Å². The number of rotatable bonds is 3.